The van der Waals surface area contributed by atoms with Crippen molar-refractivity contribution < 1.29 is 13.5 Å². The predicted octanol–water partition coefficient (Wildman–Crippen LogP) is 6.18. The molecule has 0 N–H and O–H groups in total. The van der Waals surface area contributed by atoms with Gasteiger partial charge in [-0.2, -0.15) is 8.78 Å². The Bertz CT molecular complexity index is 728. The first kappa shape index (κ1) is 15.6. The number of hydrogen-bond donors (Lipinski definition) is 0. The van der Waals surface area contributed by atoms with Crippen LogP contribution >= 0.6 is 0 Å². The molecule has 0 radical (unpaired) electrons. The van der Waals surface area contributed by atoms with Crippen molar-refractivity contribution in [2.45, 2.75) is 51.1 Å². The van der Waals surface area contributed by atoms with Crippen molar-refractivity contribution in [1.82, 2.24) is 0 Å². The minimum Gasteiger partial charge on any atom is -0.432 e. The number of alkyl halides is 2. The fourth-order valence-corrected chi connectivity index (χ4v) is 3.93. The molecule has 0 atom stereocenters. The molecule has 24 heavy (non-hydrogen) atoms. The summed E-state index contributed by atoms with van der Waals surface area (Å²) in [6.07, 6.45) is 1.75. The van der Waals surface area contributed by atoms with Crippen molar-refractivity contribution in [1.29, 1.82) is 0 Å². The highest BCUT2D eigenvalue weighted by Gasteiger charge is 2.39. The Morgan fingerprint density at radius 2 is 1.58 bits per heavy atom. The summed E-state index contributed by atoms with van der Waals surface area (Å²) >= 11 is 0. The molecule has 1 nitrogen and oxygen atoms in total. The van der Waals surface area contributed by atoms with Gasteiger partial charge in [-0.3, -0.25) is 0 Å². The molecular formula is C21H22F2O. The lowest BCUT2D eigenvalue weighted by Gasteiger charge is -2.26. The first-order valence-electron chi connectivity index (χ1n) is 8.80. The van der Waals surface area contributed by atoms with E-state index < -0.39 is 6.11 Å². The van der Waals surface area contributed by atoms with E-state index in [4.69, 9.17) is 4.74 Å². The van der Waals surface area contributed by atoms with E-state index >= 15 is 0 Å². The van der Waals surface area contributed by atoms with Crippen LogP contribution in [-0.4, -0.2) is 6.11 Å². The van der Waals surface area contributed by atoms with Crippen LogP contribution in [0.1, 0.15) is 49.7 Å². The van der Waals surface area contributed by atoms with Gasteiger partial charge in [0, 0.05) is 5.56 Å². The Hall–Kier alpha value is -1.90. The van der Waals surface area contributed by atoms with Crippen molar-refractivity contribution in [3.8, 4) is 16.9 Å². The minimum absolute atomic E-state index is 0.308. The van der Waals surface area contributed by atoms with Crippen molar-refractivity contribution in [2.75, 3.05) is 0 Å². The molecule has 2 aromatic rings. The zero-order valence-corrected chi connectivity index (χ0v) is 13.9. The molecule has 2 aromatic carbocycles. The van der Waals surface area contributed by atoms with Crippen LogP contribution in [0.5, 0.6) is 5.75 Å². The molecule has 1 aliphatic carbocycles. The largest absolute Gasteiger partial charge is 0.432 e. The van der Waals surface area contributed by atoms with Gasteiger partial charge in [-0.05, 0) is 47.4 Å². The number of rotatable bonds is 2. The van der Waals surface area contributed by atoms with Crippen LogP contribution in [0.4, 0.5) is 8.78 Å². The average Bonchev–Trinajstić information content (AvgIpc) is 2.88. The molecule has 1 fully saturated rings. The fraction of sp³-hybridized carbons (Fsp3) is 0.429. The van der Waals surface area contributed by atoms with E-state index in [1.54, 1.807) is 12.1 Å². The Balaban J connectivity index is 1.54. The van der Waals surface area contributed by atoms with Crippen LogP contribution in [-0.2, 0) is 6.42 Å². The topological polar surface area (TPSA) is 9.23 Å². The van der Waals surface area contributed by atoms with Crippen molar-refractivity contribution in [3.05, 3.63) is 53.6 Å². The molecule has 0 bridgehead atoms. The SMILES string of the molecule is CC1CCC(c2ccc(-c3ccc4c(c3)OC(F)(F)C4)cc2)CC1. The predicted molar refractivity (Wildman–Crippen MR) is 91.5 cm³/mol. The summed E-state index contributed by atoms with van der Waals surface area (Å²) in [4.78, 5) is 0. The monoisotopic (exact) mass is 328 g/mol. The molecule has 126 valence electrons. The summed E-state index contributed by atoms with van der Waals surface area (Å²) in [6.45, 7) is 2.33. The number of halogens is 2. The molecule has 0 amide bonds. The molecule has 2 aliphatic rings. The molecule has 1 aliphatic heterocycles. The van der Waals surface area contributed by atoms with E-state index in [0.717, 1.165) is 17.0 Å². The van der Waals surface area contributed by atoms with Crippen LogP contribution in [0.3, 0.4) is 0 Å². The van der Waals surface area contributed by atoms with Crippen LogP contribution in [0, 0.1) is 5.92 Å². The Labute approximate surface area is 141 Å². The summed E-state index contributed by atoms with van der Waals surface area (Å²) in [7, 11) is 0. The molecule has 0 unspecified atom stereocenters. The standard InChI is InChI=1S/C21H22F2O/c1-14-2-4-15(5-3-14)16-6-8-17(9-7-16)18-10-11-19-13-21(22,23)24-20(19)12-18/h6-12,14-15H,2-5,13H2,1H3. The van der Waals surface area contributed by atoms with E-state index in [9.17, 15) is 8.78 Å². The highest BCUT2D eigenvalue weighted by atomic mass is 19.3. The van der Waals surface area contributed by atoms with E-state index in [1.807, 2.05) is 6.07 Å². The molecule has 3 heteroatoms. The lowest BCUT2D eigenvalue weighted by atomic mass is 9.79. The highest BCUT2D eigenvalue weighted by Crippen LogP contribution is 2.40. The van der Waals surface area contributed by atoms with Crippen LogP contribution < -0.4 is 4.74 Å². The first-order valence-corrected chi connectivity index (χ1v) is 8.80. The maximum atomic E-state index is 13.3. The smallest absolute Gasteiger partial charge is 0.402 e. The van der Waals surface area contributed by atoms with E-state index in [-0.39, 0.29) is 6.42 Å². The van der Waals surface area contributed by atoms with Gasteiger partial charge in [-0.25, -0.2) is 0 Å². The second kappa shape index (κ2) is 5.87. The Morgan fingerprint density at radius 1 is 0.917 bits per heavy atom. The molecule has 4 rings (SSSR count). The van der Waals surface area contributed by atoms with Gasteiger partial charge in [-0.15, -0.1) is 0 Å². The fourth-order valence-electron chi connectivity index (χ4n) is 3.93. The molecule has 0 spiro atoms. The lowest BCUT2D eigenvalue weighted by Crippen LogP contribution is -2.20. The molecular weight excluding hydrogens is 306 g/mol. The molecule has 1 heterocycles. The zero-order valence-electron chi connectivity index (χ0n) is 13.9. The van der Waals surface area contributed by atoms with Gasteiger partial charge >= 0.3 is 6.11 Å². The quantitative estimate of drug-likeness (QED) is 0.640. The van der Waals surface area contributed by atoms with Gasteiger partial charge in [0.1, 0.15) is 5.75 Å². The van der Waals surface area contributed by atoms with Gasteiger partial charge in [-0.1, -0.05) is 56.2 Å². The highest BCUT2D eigenvalue weighted by molar-refractivity contribution is 5.67. The summed E-state index contributed by atoms with van der Waals surface area (Å²) in [6, 6.07) is 14.0. The van der Waals surface area contributed by atoms with Crippen LogP contribution in [0.2, 0.25) is 0 Å². The maximum absolute atomic E-state index is 13.3. The molecule has 0 saturated heterocycles. The average molecular weight is 328 g/mol. The van der Waals surface area contributed by atoms with Crippen LogP contribution in [0.15, 0.2) is 42.5 Å². The van der Waals surface area contributed by atoms with E-state index in [2.05, 4.69) is 31.2 Å². The lowest BCUT2D eigenvalue weighted by molar-refractivity contribution is -0.159. The summed E-state index contributed by atoms with van der Waals surface area (Å²) in [5.74, 6) is 1.82. The minimum atomic E-state index is -3.07. The second-order valence-corrected chi connectivity index (χ2v) is 7.32. The van der Waals surface area contributed by atoms with E-state index in [1.165, 1.54) is 31.2 Å². The van der Waals surface area contributed by atoms with Crippen molar-refractivity contribution >= 4 is 0 Å². The third-order valence-corrected chi connectivity index (χ3v) is 5.45. The zero-order chi connectivity index (χ0) is 16.7. The Kier molecular flexibility index (Phi) is 3.82. The Morgan fingerprint density at radius 3 is 2.29 bits per heavy atom. The molecule has 0 aromatic heterocycles. The van der Waals surface area contributed by atoms with Crippen LogP contribution in [0.25, 0.3) is 11.1 Å². The van der Waals surface area contributed by atoms with Gasteiger partial charge in [0.2, 0.25) is 0 Å². The number of benzene rings is 2. The second-order valence-electron chi connectivity index (χ2n) is 7.32. The summed E-state index contributed by atoms with van der Waals surface area (Å²) in [5.41, 5.74) is 3.95. The summed E-state index contributed by atoms with van der Waals surface area (Å²) in [5, 5.41) is 0. The van der Waals surface area contributed by atoms with Crippen molar-refractivity contribution in [2.24, 2.45) is 5.92 Å². The van der Waals surface area contributed by atoms with Gasteiger partial charge in [0.25, 0.3) is 0 Å². The first-order chi connectivity index (χ1) is 11.5. The van der Waals surface area contributed by atoms with Gasteiger partial charge in [0.15, 0.2) is 0 Å². The van der Waals surface area contributed by atoms with Gasteiger partial charge in [0.05, 0.1) is 6.42 Å². The number of fused-ring (bicyclic) bond motifs is 1. The third-order valence-electron chi connectivity index (χ3n) is 5.45. The normalized spacial score (nSPS) is 25.1. The number of ether oxygens (including phenoxy) is 1. The van der Waals surface area contributed by atoms with Gasteiger partial charge < -0.3 is 4.74 Å². The van der Waals surface area contributed by atoms with Crippen molar-refractivity contribution in [3.63, 3.8) is 0 Å². The molecule has 1 saturated carbocycles. The third kappa shape index (κ3) is 3.04. The number of hydrogen-bond acceptors (Lipinski definition) is 1. The van der Waals surface area contributed by atoms with E-state index in [0.29, 0.717) is 17.2 Å². The summed E-state index contributed by atoms with van der Waals surface area (Å²) < 4.78 is 31.4. The maximum Gasteiger partial charge on any atom is 0.402 e.